The van der Waals surface area contributed by atoms with Gasteiger partial charge in [0.15, 0.2) is 5.78 Å². The number of hydrogen-bond acceptors (Lipinski definition) is 1. The van der Waals surface area contributed by atoms with E-state index in [1.807, 2.05) is 0 Å². The Morgan fingerprint density at radius 3 is 2.39 bits per heavy atom. The number of halogens is 2. The molecule has 0 aromatic heterocycles. The molecule has 1 aliphatic carbocycles. The van der Waals surface area contributed by atoms with Crippen molar-refractivity contribution < 1.29 is 13.6 Å². The summed E-state index contributed by atoms with van der Waals surface area (Å²) in [5.74, 6) is -1.68. The second-order valence-electron chi connectivity index (χ2n) is 5.93. The van der Waals surface area contributed by atoms with Crippen molar-refractivity contribution in [2.45, 2.75) is 39.5 Å². The third kappa shape index (κ3) is 2.77. The van der Waals surface area contributed by atoms with Crippen LogP contribution in [-0.4, -0.2) is 5.78 Å². The highest BCUT2D eigenvalue weighted by Crippen LogP contribution is 2.39. The molecule has 98 valence electrons. The fourth-order valence-electron chi connectivity index (χ4n) is 2.57. The molecule has 1 saturated carbocycles. The van der Waals surface area contributed by atoms with Crippen LogP contribution in [0, 0.1) is 23.0 Å². The van der Waals surface area contributed by atoms with Gasteiger partial charge in [-0.3, -0.25) is 4.79 Å². The molecule has 3 heteroatoms. The Bertz CT molecular complexity index is 456. The zero-order valence-corrected chi connectivity index (χ0v) is 10.8. The third-order valence-electron chi connectivity index (χ3n) is 3.91. The molecular formula is C15H18F2O. The molecule has 0 unspecified atom stereocenters. The van der Waals surface area contributed by atoms with Gasteiger partial charge in [-0.05, 0) is 43.2 Å². The zero-order chi connectivity index (χ0) is 13.3. The van der Waals surface area contributed by atoms with E-state index in [1.165, 1.54) is 6.07 Å². The first-order valence-electron chi connectivity index (χ1n) is 6.38. The van der Waals surface area contributed by atoms with Crippen LogP contribution in [0.2, 0.25) is 0 Å². The maximum atomic E-state index is 13.5. The van der Waals surface area contributed by atoms with Crippen LogP contribution < -0.4 is 0 Å². The lowest BCUT2D eigenvalue weighted by Crippen LogP contribution is -2.26. The molecule has 1 aliphatic rings. The van der Waals surface area contributed by atoms with E-state index < -0.39 is 11.6 Å². The summed E-state index contributed by atoms with van der Waals surface area (Å²) in [6.07, 6.45) is 3.55. The van der Waals surface area contributed by atoms with Gasteiger partial charge in [-0.2, -0.15) is 0 Å². The van der Waals surface area contributed by atoms with Gasteiger partial charge in [0.05, 0.1) is 5.56 Å². The highest BCUT2D eigenvalue weighted by atomic mass is 19.1. The van der Waals surface area contributed by atoms with Crippen molar-refractivity contribution >= 4 is 5.78 Å². The second kappa shape index (κ2) is 4.79. The molecular weight excluding hydrogens is 234 g/mol. The van der Waals surface area contributed by atoms with Crippen molar-refractivity contribution in [3.8, 4) is 0 Å². The van der Waals surface area contributed by atoms with Gasteiger partial charge in [0.2, 0.25) is 0 Å². The van der Waals surface area contributed by atoms with Crippen molar-refractivity contribution in [2.75, 3.05) is 0 Å². The van der Waals surface area contributed by atoms with Crippen LogP contribution in [0.4, 0.5) is 8.78 Å². The van der Waals surface area contributed by atoms with Crippen molar-refractivity contribution in [2.24, 2.45) is 11.3 Å². The largest absolute Gasteiger partial charge is 0.294 e. The summed E-state index contributed by atoms with van der Waals surface area (Å²) in [5.41, 5.74) is 0.305. The molecule has 18 heavy (non-hydrogen) atoms. The van der Waals surface area contributed by atoms with Crippen molar-refractivity contribution in [1.29, 1.82) is 0 Å². The number of Topliss-reactive ketones (excluding diaryl/α,β-unsaturated/α-hetero) is 1. The van der Waals surface area contributed by atoms with Gasteiger partial charge < -0.3 is 0 Å². The first-order chi connectivity index (χ1) is 8.39. The summed E-state index contributed by atoms with van der Waals surface area (Å²) in [6, 6.07) is 3.18. The van der Waals surface area contributed by atoms with Gasteiger partial charge in [-0.25, -0.2) is 8.78 Å². The first-order valence-corrected chi connectivity index (χ1v) is 6.38. The molecule has 2 rings (SSSR count). The summed E-state index contributed by atoms with van der Waals surface area (Å²) in [4.78, 5) is 12.2. The van der Waals surface area contributed by atoms with Gasteiger partial charge in [-0.15, -0.1) is 0 Å². The maximum Gasteiger partial charge on any atom is 0.168 e. The summed E-state index contributed by atoms with van der Waals surface area (Å²) < 4.78 is 26.4. The molecule has 1 aromatic carbocycles. The summed E-state index contributed by atoms with van der Waals surface area (Å²) >= 11 is 0. The lowest BCUT2D eigenvalue weighted by Gasteiger charge is -2.33. The zero-order valence-electron chi connectivity index (χ0n) is 10.8. The average molecular weight is 252 g/mol. The number of benzene rings is 1. The minimum atomic E-state index is -0.746. The number of carbonyl (C=O) groups is 1. The number of ketones is 1. The van der Waals surface area contributed by atoms with Crippen LogP contribution in [0.15, 0.2) is 18.2 Å². The minimum Gasteiger partial charge on any atom is -0.294 e. The van der Waals surface area contributed by atoms with Crippen molar-refractivity contribution in [3.63, 3.8) is 0 Å². The van der Waals surface area contributed by atoms with E-state index in [9.17, 15) is 13.6 Å². The van der Waals surface area contributed by atoms with Crippen LogP contribution in [0.1, 0.15) is 49.9 Å². The second-order valence-corrected chi connectivity index (χ2v) is 5.93. The Balaban J connectivity index is 2.13. The standard InChI is InChI=1S/C15H18F2O/c1-15(2)7-5-10(6-8-15)14(18)12-4-3-11(16)9-13(12)17/h3-4,9-10H,5-8H2,1-2H3. The molecule has 0 saturated heterocycles. The summed E-state index contributed by atoms with van der Waals surface area (Å²) in [6.45, 7) is 4.37. The van der Waals surface area contributed by atoms with E-state index in [1.54, 1.807) is 0 Å². The quantitative estimate of drug-likeness (QED) is 0.714. The molecule has 0 amide bonds. The predicted octanol–water partition coefficient (Wildman–Crippen LogP) is 4.36. The molecule has 0 radical (unpaired) electrons. The third-order valence-corrected chi connectivity index (χ3v) is 3.91. The Kier molecular flexibility index (Phi) is 3.51. The normalized spacial score (nSPS) is 19.8. The lowest BCUT2D eigenvalue weighted by atomic mass is 9.71. The van der Waals surface area contributed by atoms with E-state index in [0.29, 0.717) is 0 Å². The topological polar surface area (TPSA) is 17.1 Å². The molecule has 0 aliphatic heterocycles. The van der Waals surface area contributed by atoms with Crippen LogP contribution in [0.25, 0.3) is 0 Å². The van der Waals surface area contributed by atoms with Gasteiger partial charge in [0.1, 0.15) is 11.6 Å². The van der Waals surface area contributed by atoms with Crippen LogP contribution in [0.3, 0.4) is 0 Å². The van der Waals surface area contributed by atoms with Gasteiger partial charge in [0.25, 0.3) is 0 Å². The average Bonchev–Trinajstić information content (AvgIpc) is 2.28. The number of hydrogen-bond donors (Lipinski definition) is 0. The molecule has 1 nitrogen and oxygen atoms in total. The monoisotopic (exact) mass is 252 g/mol. The predicted molar refractivity (Wildman–Crippen MR) is 66.4 cm³/mol. The molecule has 0 spiro atoms. The lowest BCUT2D eigenvalue weighted by molar-refractivity contribution is 0.0834. The van der Waals surface area contributed by atoms with Gasteiger partial charge in [-0.1, -0.05) is 13.8 Å². The van der Waals surface area contributed by atoms with Crippen LogP contribution >= 0.6 is 0 Å². The van der Waals surface area contributed by atoms with E-state index in [-0.39, 0.29) is 22.7 Å². The molecule has 0 atom stereocenters. The fourth-order valence-corrected chi connectivity index (χ4v) is 2.57. The highest BCUT2D eigenvalue weighted by Gasteiger charge is 2.31. The summed E-state index contributed by atoms with van der Waals surface area (Å²) in [5, 5.41) is 0. The minimum absolute atomic E-state index is 0.0288. The first kappa shape index (κ1) is 13.2. The molecule has 0 N–H and O–H groups in total. The maximum absolute atomic E-state index is 13.5. The SMILES string of the molecule is CC1(C)CCC(C(=O)c2ccc(F)cc2F)CC1. The van der Waals surface area contributed by atoms with Crippen molar-refractivity contribution in [1.82, 2.24) is 0 Å². The van der Waals surface area contributed by atoms with Crippen LogP contribution in [0.5, 0.6) is 0 Å². The van der Waals surface area contributed by atoms with E-state index >= 15 is 0 Å². The Morgan fingerprint density at radius 2 is 1.83 bits per heavy atom. The van der Waals surface area contributed by atoms with Gasteiger partial charge in [0, 0.05) is 12.0 Å². The fraction of sp³-hybridized carbons (Fsp3) is 0.533. The Morgan fingerprint density at radius 1 is 1.22 bits per heavy atom. The Labute approximate surface area is 106 Å². The number of carbonyl (C=O) groups excluding carboxylic acids is 1. The molecule has 1 aromatic rings. The van der Waals surface area contributed by atoms with Crippen molar-refractivity contribution in [3.05, 3.63) is 35.4 Å². The highest BCUT2D eigenvalue weighted by molar-refractivity contribution is 5.98. The smallest absolute Gasteiger partial charge is 0.168 e. The molecule has 0 heterocycles. The summed E-state index contributed by atoms with van der Waals surface area (Å²) in [7, 11) is 0. The van der Waals surface area contributed by atoms with Crippen LogP contribution in [-0.2, 0) is 0 Å². The van der Waals surface area contributed by atoms with E-state index in [4.69, 9.17) is 0 Å². The molecule has 0 bridgehead atoms. The van der Waals surface area contributed by atoms with E-state index in [0.717, 1.165) is 37.8 Å². The van der Waals surface area contributed by atoms with Gasteiger partial charge >= 0.3 is 0 Å². The molecule has 1 fully saturated rings. The Hall–Kier alpha value is -1.25. The number of rotatable bonds is 2. The van der Waals surface area contributed by atoms with E-state index in [2.05, 4.69) is 13.8 Å².